The largest absolute Gasteiger partial charge is 0.396 e. The van der Waals surface area contributed by atoms with Gasteiger partial charge in [0.25, 0.3) is 0 Å². The molecular formula is C15H29NO2. The monoisotopic (exact) mass is 255 g/mol. The number of aliphatic hydroxyl groups excluding tert-OH is 1. The van der Waals surface area contributed by atoms with Crippen molar-refractivity contribution in [3.05, 3.63) is 0 Å². The SMILES string of the molecule is CC(C)(C)C1CCC(NCC2(CO)COC2)CC1. The highest BCUT2D eigenvalue weighted by Gasteiger charge is 2.38. The van der Waals surface area contributed by atoms with Crippen molar-refractivity contribution >= 4 is 0 Å². The van der Waals surface area contributed by atoms with Gasteiger partial charge in [0.05, 0.1) is 25.2 Å². The molecule has 1 aliphatic heterocycles. The molecular weight excluding hydrogens is 226 g/mol. The van der Waals surface area contributed by atoms with Gasteiger partial charge in [-0.1, -0.05) is 20.8 Å². The maximum absolute atomic E-state index is 9.39. The van der Waals surface area contributed by atoms with Crippen LogP contribution in [0.4, 0.5) is 0 Å². The van der Waals surface area contributed by atoms with E-state index in [1.54, 1.807) is 0 Å². The average molecular weight is 255 g/mol. The summed E-state index contributed by atoms with van der Waals surface area (Å²) in [6.07, 6.45) is 5.24. The first-order valence-electron chi connectivity index (χ1n) is 7.37. The van der Waals surface area contributed by atoms with Gasteiger partial charge in [-0.05, 0) is 37.0 Å². The highest BCUT2D eigenvalue weighted by atomic mass is 16.5. The molecule has 2 aliphatic rings. The Hall–Kier alpha value is -0.120. The minimum atomic E-state index is 0.0148. The van der Waals surface area contributed by atoms with E-state index in [0.717, 1.165) is 12.5 Å². The van der Waals surface area contributed by atoms with Crippen LogP contribution in [0.3, 0.4) is 0 Å². The number of nitrogens with one attached hydrogen (secondary N) is 1. The first-order chi connectivity index (χ1) is 8.45. The predicted molar refractivity (Wildman–Crippen MR) is 73.5 cm³/mol. The number of ether oxygens (including phenoxy) is 1. The lowest BCUT2D eigenvalue weighted by Crippen LogP contribution is -2.54. The molecule has 18 heavy (non-hydrogen) atoms. The molecule has 2 rings (SSSR count). The van der Waals surface area contributed by atoms with E-state index in [-0.39, 0.29) is 12.0 Å². The molecule has 0 aromatic carbocycles. The lowest BCUT2D eigenvalue weighted by Gasteiger charge is -2.42. The maximum atomic E-state index is 9.39. The smallest absolute Gasteiger partial charge is 0.0579 e. The Kier molecular flexibility index (Phi) is 4.35. The van der Waals surface area contributed by atoms with Crippen molar-refractivity contribution in [2.75, 3.05) is 26.4 Å². The van der Waals surface area contributed by atoms with Gasteiger partial charge < -0.3 is 15.2 Å². The Balaban J connectivity index is 1.71. The minimum absolute atomic E-state index is 0.0148. The summed E-state index contributed by atoms with van der Waals surface area (Å²) >= 11 is 0. The van der Waals surface area contributed by atoms with Gasteiger partial charge in [0.2, 0.25) is 0 Å². The van der Waals surface area contributed by atoms with Gasteiger partial charge in [-0.15, -0.1) is 0 Å². The fourth-order valence-corrected chi connectivity index (χ4v) is 3.16. The molecule has 1 saturated carbocycles. The summed E-state index contributed by atoms with van der Waals surface area (Å²) in [4.78, 5) is 0. The van der Waals surface area contributed by atoms with Gasteiger partial charge >= 0.3 is 0 Å². The minimum Gasteiger partial charge on any atom is -0.396 e. The molecule has 0 aromatic rings. The average Bonchev–Trinajstić information content (AvgIpc) is 2.28. The van der Waals surface area contributed by atoms with E-state index in [4.69, 9.17) is 4.74 Å². The van der Waals surface area contributed by atoms with Crippen LogP contribution in [0.2, 0.25) is 0 Å². The highest BCUT2D eigenvalue weighted by Crippen LogP contribution is 2.38. The van der Waals surface area contributed by atoms with Crippen molar-refractivity contribution in [1.29, 1.82) is 0 Å². The molecule has 0 atom stereocenters. The van der Waals surface area contributed by atoms with E-state index in [0.29, 0.717) is 24.7 Å². The molecule has 1 aliphatic carbocycles. The third kappa shape index (κ3) is 3.25. The van der Waals surface area contributed by atoms with Crippen LogP contribution in [0, 0.1) is 16.7 Å². The highest BCUT2D eigenvalue weighted by molar-refractivity contribution is 4.90. The Morgan fingerprint density at radius 2 is 1.78 bits per heavy atom. The molecule has 0 amide bonds. The molecule has 3 nitrogen and oxygen atoms in total. The molecule has 0 bridgehead atoms. The standard InChI is InChI=1S/C15H29NO2/c1-14(2,3)12-4-6-13(7-5-12)16-8-15(9-17)10-18-11-15/h12-13,16-17H,4-11H2,1-3H3. The van der Waals surface area contributed by atoms with Crippen LogP contribution in [0.5, 0.6) is 0 Å². The second-order valence-electron chi connectivity index (χ2n) is 7.45. The number of hydrogen-bond acceptors (Lipinski definition) is 3. The topological polar surface area (TPSA) is 41.5 Å². The first kappa shape index (κ1) is 14.3. The van der Waals surface area contributed by atoms with Gasteiger partial charge in [0, 0.05) is 12.6 Å². The summed E-state index contributed by atoms with van der Waals surface area (Å²) in [5, 5.41) is 13.0. The summed E-state index contributed by atoms with van der Waals surface area (Å²) in [6.45, 7) is 9.67. The third-order valence-corrected chi connectivity index (χ3v) is 4.87. The summed E-state index contributed by atoms with van der Waals surface area (Å²) in [7, 11) is 0. The first-order valence-corrected chi connectivity index (χ1v) is 7.37. The molecule has 0 unspecified atom stereocenters. The Morgan fingerprint density at radius 3 is 2.17 bits per heavy atom. The Labute approximate surface area is 111 Å². The van der Waals surface area contributed by atoms with Crippen molar-refractivity contribution in [3.63, 3.8) is 0 Å². The van der Waals surface area contributed by atoms with E-state index in [9.17, 15) is 5.11 Å². The van der Waals surface area contributed by atoms with Crippen LogP contribution in [-0.2, 0) is 4.74 Å². The second-order valence-corrected chi connectivity index (χ2v) is 7.45. The molecule has 1 heterocycles. The van der Waals surface area contributed by atoms with Crippen molar-refractivity contribution in [2.24, 2.45) is 16.7 Å². The molecule has 106 valence electrons. The van der Waals surface area contributed by atoms with E-state index in [1.807, 2.05) is 0 Å². The van der Waals surface area contributed by atoms with Crippen molar-refractivity contribution < 1.29 is 9.84 Å². The van der Waals surface area contributed by atoms with Gasteiger partial charge in [0.1, 0.15) is 0 Å². The van der Waals surface area contributed by atoms with Gasteiger partial charge in [-0.2, -0.15) is 0 Å². The lowest BCUT2D eigenvalue weighted by molar-refractivity contribution is -0.135. The van der Waals surface area contributed by atoms with E-state index < -0.39 is 0 Å². The molecule has 1 saturated heterocycles. The van der Waals surface area contributed by atoms with E-state index in [1.165, 1.54) is 25.7 Å². The van der Waals surface area contributed by atoms with Crippen LogP contribution >= 0.6 is 0 Å². The van der Waals surface area contributed by atoms with Crippen molar-refractivity contribution in [1.82, 2.24) is 5.32 Å². The fourth-order valence-electron chi connectivity index (χ4n) is 3.16. The van der Waals surface area contributed by atoms with Gasteiger partial charge in [-0.25, -0.2) is 0 Å². The zero-order valence-electron chi connectivity index (χ0n) is 12.2. The van der Waals surface area contributed by atoms with Crippen LogP contribution in [0.1, 0.15) is 46.5 Å². The number of aliphatic hydroxyl groups is 1. The molecule has 0 radical (unpaired) electrons. The quantitative estimate of drug-likeness (QED) is 0.809. The normalized spacial score (nSPS) is 32.0. The Morgan fingerprint density at radius 1 is 1.17 bits per heavy atom. The Bertz CT molecular complexity index is 255. The van der Waals surface area contributed by atoms with Crippen molar-refractivity contribution in [3.8, 4) is 0 Å². The molecule has 3 heteroatoms. The summed E-state index contributed by atoms with van der Waals surface area (Å²) < 4.78 is 5.23. The second kappa shape index (κ2) is 5.48. The summed E-state index contributed by atoms with van der Waals surface area (Å²) in [5.74, 6) is 0.870. The number of hydrogen-bond donors (Lipinski definition) is 2. The fraction of sp³-hybridized carbons (Fsp3) is 1.00. The zero-order chi connectivity index (χ0) is 13.2. The molecule has 0 spiro atoms. The lowest BCUT2D eigenvalue weighted by atomic mass is 9.71. The molecule has 2 N–H and O–H groups in total. The van der Waals surface area contributed by atoms with E-state index in [2.05, 4.69) is 26.1 Å². The number of rotatable bonds is 4. The van der Waals surface area contributed by atoms with Crippen LogP contribution in [0.15, 0.2) is 0 Å². The van der Waals surface area contributed by atoms with E-state index >= 15 is 0 Å². The van der Waals surface area contributed by atoms with Crippen molar-refractivity contribution in [2.45, 2.75) is 52.5 Å². The van der Waals surface area contributed by atoms with Crippen LogP contribution < -0.4 is 5.32 Å². The molecule has 2 fully saturated rings. The van der Waals surface area contributed by atoms with Crippen LogP contribution in [0.25, 0.3) is 0 Å². The third-order valence-electron chi connectivity index (χ3n) is 4.87. The predicted octanol–water partition coefficient (Wildman–Crippen LogP) is 2.19. The summed E-state index contributed by atoms with van der Waals surface area (Å²) in [5.41, 5.74) is 0.472. The summed E-state index contributed by atoms with van der Waals surface area (Å²) in [6, 6.07) is 0.646. The van der Waals surface area contributed by atoms with Gasteiger partial charge in [0.15, 0.2) is 0 Å². The zero-order valence-corrected chi connectivity index (χ0v) is 12.2. The maximum Gasteiger partial charge on any atom is 0.0579 e. The van der Waals surface area contributed by atoms with Gasteiger partial charge in [-0.3, -0.25) is 0 Å². The molecule has 0 aromatic heterocycles. The van der Waals surface area contributed by atoms with Crippen LogP contribution in [-0.4, -0.2) is 37.5 Å².